The molecule has 0 spiro atoms. The zero-order chi connectivity index (χ0) is 19.5. The van der Waals surface area contributed by atoms with Gasteiger partial charge in [0.1, 0.15) is 28.7 Å². The van der Waals surface area contributed by atoms with Crippen molar-refractivity contribution in [2.75, 3.05) is 18.1 Å². The van der Waals surface area contributed by atoms with E-state index in [9.17, 15) is 0 Å². The topological polar surface area (TPSA) is 105 Å². The molecule has 0 fully saturated rings. The number of hydrogen-bond donors (Lipinski definition) is 2. The zero-order valence-electron chi connectivity index (χ0n) is 15.7. The van der Waals surface area contributed by atoms with Gasteiger partial charge < -0.3 is 20.8 Å². The molecule has 0 radical (unpaired) electrons. The minimum atomic E-state index is 0.375. The summed E-state index contributed by atoms with van der Waals surface area (Å²) in [6.45, 7) is 3.38. The second-order valence-corrected chi connectivity index (χ2v) is 6.57. The normalized spacial score (nSPS) is 11.0. The highest BCUT2D eigenvalue weighted by Crippen LogP contribution is 2.24. The van der Waals surface area contributed by atoms with E-state index in [1.54, 1.807) is 12.1 Å². The molecule has 7 nitrogen and oxygen atoms in total. The van der Waals surface area contributed by atoms with Crippen molar-refractivity contribution < 1.29 is 4.74 Å². The van der Waals surface area contributed by atoms with E-state index in [0.717, 1.165) is 47.0 Å². The van der Waals surface area contributed by atoms with Crippen LogP contribution in [0.25, 0.3) is 22.4 Å². The maximum Gasteiger partial charge on any atom is 0.160 e. The fraction of sp³-hybridized carbons (Fsp3) is 0.190. The lowest BCUT2D eigenvalue weighted by atomic mass is 10.1. The highest BCUT2D eigenvalue weighted by atomic mass is 16.5. The molecule has 3 aromatic heterocycles. The molecule has 3 heterocycles. The van der Waals surface area contributed by atoms with Crippen molar-refractivity contribution in [3.05, 3.63) is 60.4 Å². The maximum atomic E-state index is 5.82. The minimum absolute atomic E-state index is 0.375. The molecule has 0 aliphatic rings. The fourth-order valence-corrected chi connectivity index (χ4v) is 3.19. The van der Waals surface area contributed by atoms with Crippen molar-refractivity contribution in [1.82, 2.24) is 19.5 Å². The van der Waals surface area contributed by atoms with Crippen molar-refractivity contribution >= 4 is 22.8 Å². The number of nitrogens with zero attached hydrogens (tertiary/aromatic N) is 4. The predicted octanol–water partition coefficient (Wildman–Crippen LogP) is 3.44. The number of para-hydroxylation sites is 1. The van der Waals surface area contributed by atoms with Crippen LogP contribution < -0.4 is 16.2 Å². The van der Waals surface area contributed by atoms with E-state index in [2.05, 4.69) is 14.5 Å². The van der Waals surface area contributed by atoms with Crippen molar-refractivity contribution in [1.29, 1.82) is 0 Å². The van der Waals surface area contributed by atoms with Gasteiger partial charge in [0.25, 0.3) is 0 Å². The van der Waals surface area contributed by atoms with E-state index in [1.165, 1.54) is 0 Å². The number of benzene rings is 1. The minimum Gasteiger partial charge on any atom is -0.494 e. The van der Waals surface area contributed by atoms with Gasteiger partial charge in [-0.1, -0.05) is 18.2 Å². The van der Waals surface area contributed by atoms with Crippen LogP contribution in [-0.2, 0) is 6.54 Å². The lowest BCUT2D eigenvalue weighted by Crippen LogP contribution is -2.07. The van der Waals surface area contributed by atoms with Crippen LogP contribution in [-0.4, -0.2) is 26.1 Å². The van der Waals surface area contributed by atoms with Crippen LogP contribution in [0.4, 0.5) is 11.6 Å². The molecule has 28 heavy (non-hydrogen) atoms. The summed E-state index contributed by atoms with van der Waals surface area (Å²) in [5.41, 5.74) is 15.0. The van der Waals surface area contributed by atoms with Gasteiger partial charge in [-0.2, -0.15) is 0 Å². The van der Waals surface area contributed by atoms with E-state index in [0.29, 0.717) is 18.2 Å². The number of ether oxygens (including phenoxy) is 1. The summed E-state index contributed by atoms with van der Waals surface area (Å²) in [4.78, 5) is 13.4. The second kappa shape index (κ2) is 7.56. The molecule has 0 aliphatic heterocycles. The molecule has 0 saturated carbocycles. The van der Waals surface area contributed by atoms with E-state index in [4.69, 9.17) is 21.2 Å². The first-order chi connectivity index (χ1) is 13.6. The number of pyridine rings is 2. The lowest BCUT2D eigenvalue weighted by Gasteiger charge is -2.09. The summed E-state index contributed by atoms with van der Waals surface area (Å²) in [5.74, 6) is 2.55. The van der Waals surface area contributed by atoms with Crippen molar-refractivity contribution in [2.24, 2.45) is 0 Å². The van der Waals surface area contributed by atoms with Crippen LogP contribution in [0.1, 0.15) is 12.2 Å². The van der Waals surface area contributed by atoms with Crippen LogP contribution >= 0.6 is 0 Å². The Balaban J connectivity index is 1.55. The first-order valence-corrected chi connectivity index (χ1v) is 9.15. The number of imidazole rings is 1. The Morgan fingerprint density at radius 2 is 1.68 bits per heavy atom. The molecule has 4 rings (SSSR count). The van der Waals surface area contributed by atoms with Crippen LogP contribution in [0.3, 0.4) is 0 Å². The number of nitrogens with two attached hydrogens (primary N) is 2. The highest BCUT2D eigenvalue weighted by molar-refractivity contribution is 5.77. The van der Waals surface area contributed by atoms with E-state index >= 15 is 0 Å². The molecule has 0 aliphatic carbocycles. The first kappa shape index (κ1) is 17.8. The van der Waals surface area contributed by atoms with Gasteiger partial charge in [0.05, 0.1) is 12.3 Å². The first-order valence-electron chi connectivity index (χ1n) is 9.15. The quantitative estimate of drug-likeness (QED) is 0.501. The second-order valence-electron chi connectivity index (χ2n) is 6.57. The molecule has 0 saturated heterocycles. The van der Waals surface area contributed by atoms with E-state index in [-0.39, 0.29) is 0 Å². The summed E-state index contributed by atoms with van der Waals surface area (Å²) in [5, 5.41) is 0. The average Bonchev–Trinajstić information content (AvgIpc) is 3.00. The van der Waals surface area contributed by atoms with E-state index in [1.807, 2.05) is 49.4 Å². The van der Waals surface area contributed by atoms with Gasteiger partial charge in [0.15, 0.2) is 5.65 Å². The van der Waals surface area contributed by atoms with Gasteiger partial charge >= 0.3 is 0 Å². The zero-order valence-corrected chi connectivity index (χ0v) is 15.7. The molecular weight excluding hydrogens is 352 g/mol. The smallest absolute Gasteiger partial charge is 0.160 e. The maximum absolute atomic E-state index is 5.82. The van der Waals surface area contributed by atoms with Crippen molar-refractivity contribution in [3.8, 4) is 17.0 Å². The van der Waals surface area contributed by atoms with E-state index < -0.39 is 0 Å². The summed E-state index contributed by atoms with van der Waals surface area (Å²) < 4.78 is 7.90. The standard InChI is InChI=1S/C21H22N6O/c1-14-24-18-9-8-17(15-12-19(22)26-20(23)13-15)25-21(18)27(14)10-5-11-28-16-6-3-2-4-7-16/h2-4,6-9,12-13H,5,10-11H2,1H3,(H4,22,23,26). The molecule has 1 aromatic carbocycles. The molecule has 4 aromatic rings. The molecular formula is C21H22N6O. The number of hydrogen-bond acceptors (Lipinski definition) is 6. The van der Waals surface area contributed by atoms with Gasteiger partial charge in [0, 0.05) is 12.1 Å². The lowest BCUT2D eigenvalue weighted by molar-refractivity contribution is 0.302. The molecule has 0 bridgehead atoms. The fourth-order valence-electron chi connectivity index (χ4n) is 3.19. The Morgan fingerprint density at radius 3 is 2.43 bits per heavy atom. The third kappa shape index (κ3) is 3.73. The third-order valence-electron chi connectivity index (χ3n) is 4.48. The summed E-state index contributed by atoms with van der Waals surface area (Å²) in [7, 11) is 0. The third-order valence-corrected chi connectivity index (χ3v) is 4.48. The molecule has 7 heteroatoms. The molecule has 4 N–H and O–H groups in total. The monoisotopic (exact) mass is 374 g/mol. The molecule has 142 valence electrons. The summed E-state index contributed by atoms with van der Waals surface area (Å²) in [6, 6.07) is 17.2. The SMILES string of the molecule is Cc1nc2ccc(-c3cc(N)nc(N)c3)nc2n1CCCOc1ccccc1. The van der Waals surface area contributed by atoms with Crippen LogP contribution in [0.15, 0.2) is 54.6 Å². The van der Waals surface area contributed by atoms with Crippen LogP contribution in [0.2, 0.25) is 0 Å². The number of anilines is 2. The Morgan fingerprint density at radius 1 is 0.929 bits per heavy atom. The Labute approximate surface area is 163 Å². The number of aromatic nitrogens is 4. The number of rotatable bonds is 6. The highest BCUT2D eigenvalue weighted by Gasteiger charge is 2.11. The predicted molar refractivity (Wildman–Crippen MR) is 111 cm³/mol. The molecule has 0 amide bonds. The van der Waals surface area contributed by atoms with Gasteiger partial charge in [0.2, 0.25) is 0 Å². The van der Waals surface area contributed by atoms with Crippen LogP contribution in [0.5, 0.6) is 5.75 Å². The molecule has 0 unspecified atom stereocenters. The van der Waals surface area contributed by atoms with Crippen molar-refractivity contribution in [2.45, 2.75) is 19.9 Å². The average molecular weight is 374 g/mol. The number of aryl methyl sites for hydroxylation is 2. The van der Waals surface area contributed by atoms with Gasteiger partial charge in [-0.05, 0) is 49.7 Å². The van der Waals surface area contributed by atoms with Gasteiger partial charge in [-0.25, -0.2) is 15.0 Å². The van der Waals surface area contributed by atoms with Crippen LogP contribution in [0, 0.1) is 6.92 Å². The Bertz CT molecular complexity index is 1090. The number of nitrogen functional groups attached to an aromatic ring is 2. The number of fused-ring (bicyclic) bond motifs is 1. The summed E-state index contributed by atoms with van der Waals surface area (Å²) >= 11 is 0. The van der Waals surface area contributed by atoms with Gasteiger partial charge in [-0.15, -0.1) is 0 Å². The molecule has 0 atom stereocenters. The largest absolute Gasteiger partial charge is 0.494 e. The van der Waals surface area contributed by atoms with Crippen molar-refractivity contribution in [3.63, 3.8) is 0 Å². The Kier molecular flexibility index (Phi) is 4.80. The Hall–Kier alpha value is -3.61. The summed E-state index contributed by atoms with van der Waals surface area (Å²) in [6.07, 6.45) is 0.849. The van der Waals surface area contributed by atoms with Gasteiger partial charge in [-0.3, -0.25) is 0 Å².